The highest BCUT2D eigenvalue weighted by Gasteiger charge is 2.30. The van der Waals surface area contributed by atoms with Gasteiger partial charge in [0.2, 0.25) is 10.0 Å². The highest BCUT2D eigenvalue weighted by molar-refractivity contribution is 7.92. The number of anilines is 1. The van der Waals surface area contributed by atoms with Crippen LogP contribution in [-0.2, 0) is 39.1 Å². The highest BCUT2D eigenvalue weighted by Crippen LogP contribution is 2.37. The van der Waals surface area contributed by atoms with E-state index in [0.29, 0.717) is 37.2 Å². The van der Waals surface area contributed by atoms with Gasteiger partial charge in [-0.1, -0.05) is 56.3 Å². The Hall–Kier alpha value is -4.35. The highest BCUT2D eigenvalue weighted by atomic mass is 32.2. The number of amides is 1. The summed E-state index contributed by atoms with van der Waals surface area (Å²) in [5.74, 6) is 0.477. The van der Waals surface area contributed by atoms with Crippen LogP contribution in [0.15, 0.2) is 72.9 Å². The van der Waals surface area contributed by atoms with E-state index in [-0.39, 0.29) is 24.1 Å². The van der Waals surface area contributed by atoms with Crippen LogP contribution in [0.5, 0.6) is 5.75 Å². The van der Waals surface area contributed by atoms with E-state index in [1.165, 1.54) is 11.4 Å². The lowest BCUT2D eigenvalue weighted by Gasteiger charge is -2.28. The molecule has 2 N–H and O–H groups in total. The Labute approximate surface area is 264 Å². The third-order valence-electron chi connectivity index (χ3n) is 8.32. The van der Waals surface area contributed by atoms with Crippen molar-refractivity contribution >= 4 is 39.0 Å². The van der Waals surface area contributed by atoms with Gasteiger partial charge >= 0.3 is 0 Å². The first-order valence-corrected chi connectivity index (χ1v) is 16.6. The maximum Gasteiger partial charge on any atom is 0.293 e. The summed E-state index contributed by atoms with van der Waals surface area (Å²) in [6.45, 7) is 5.67. The van der Waals surface area contributed by atoms with Crippen molar-refractivity contribution in [2.45, 2.75) is 51.4 Å². The molecular weight excluding hydrogens is 592 g/mol. The molecule has 0 bridgehead atoms. The molecule has 1 aliphatic heterocycles. The molecule has 0 aliphatic carbocycles. The molecule has 0 saturated heterocycles. The summed E-state index contributed by atoms with van der Waals surface area (Å²) < 4.78 is 40.2. The molecule has 0 radical (unpaired) electrons. The number of ether oxygens (including phenoxy) is 2. The second-order valence-electron chi connectivity index (χ2n) is 11.6. The fraction of sp³-hybridized carbons (Fsp3) is 0.353. The molecule has 5 rings (SSSR count). The molecule has 1 aliphatic rings. The van der Waals surface area contributed by atoms with Gasteiger partial charge in [-0.05, 0) is 53.3 Å². The number of nitrogens with one attached hydrogen (secondary N) is 2. The Balaban J connectivity index is 1.47. The summed E-state index contributed by atoms with van der Waals surface area (Å²) in [6.07, 6.45) is 1.70. The van der Waals surface area contributed by atoms with Crippen molar-refractivity contribution in [3.05, 3.63) is 95.2 Å². The minimum absolute atomic E-state index is 0.0341. The first kappa shape index (κ1) is 32.1. The molecule has 0 spiro atoms. The van der Waals surface area contributed by atoms with E-state index in [4.69, 9.17) is 9.47 Å². The van der Waals surface area contributed by atoms with Crippen molar-refractivity contribution in [1.29, 1.82) is 0 Å². The van der Waals surface area contributed by atoms with Crippen LogP contribution in [0.3, 0.4) is 0 Å². The van der Waals surface area contributed by atoms with Crippen molar-refractivity contribution in [1.82, 2.24) is 15.2 Å². The lowest BCUT2D eigenvalue weighted by Crippen LogP contribution is -2.50. The van der Waals surface area contributed by atoms with Gasteiger partial charge in [0.1, 0.15) is 11.9 Å². The van der Waals surface area contributed by atoms with E-state index in [9.17, 15) is 18.0 Å². The predicted octanol–water partition coefficient (Wildman–Crippen LogP) is 4.23. The smallest absolute Gasteiger partial charge is 0.293 e. The van der Waals surface area contributed by atoms with Gasteiger partial charge in [-0.15, -0.1) is 0 Å². The number of sulfonamides is 1. The van der Waals surface area contributed by atoms with Gasteiger partial charge in [-0.2, -0.15) is 0 Å². The van der Waals surface area contributed by atoms with E-state index in [0.717, 1.165) is 33.3 Å². The Bertz CT molecular complexity index is 1770. The predicted molar refractivity (Wildman–Crippen MR) is 175 cm³/mol. The van der Waals surface area contributed by atoms with Crippen LogP contribution in [0.2, 0.25) is 0 Å². The number of nitrogens with zero attached hydrogens (tertiary/aromatic N) is 2. The van der Waals surface area contributed by atoms with Crippen LogP contribution in [0, 0.1) is 0 Å². The van der Waals surface area contributed by atoms with E-state index >= 15 is 0 Å². The number of hydrogen-bond acceptors (Lipinski definition) is 7. The summed E-state index contributed by atoms with van der Waals surface area (Å²) in [6, 6.07) is 20.2. The second kappa shape index (κ2) is 13.7. The number of carbonyl (C=O) groups is 2. The average molecular weight is 633 g/mol. The van der Waals surface area contributed by atoms with Gasteiger partial charge in [0, 0.05) is 43.8 Å². The quantitative estimate of drug-likeness (QED) is 0.212. The van der Waals surface area contributed by atoms with Crippen LogP contribution in [0.25, 0.3) is 10.9 Å². The number of methoxy groups -OCH3 is 1. The zero-order chi connectivity index (χ0) is 32.1. The molecule has 45 heavy (non-hydrogen) atoms. The average Bonchev–Trinajstić information content (AvgIpc) is 3.38. The molecule has 0 saturated carbocycles. The van der Waals surface area contributed by atoms with Gasteiger partial charge in [0.25, 0.3) is 12.4 Å². The molecular formula is C34H40N4O6S. The fourth-order valence-corrected chi connectivity index (χ4v) is 6.98. The lowest BCUT2D eigenvalue weighted by molar-refractivity contribution is -0.134. The zero-order valence-electron chi connectivity index (χ0n) is 26.0. The second-order valence-corrected chi connectivity index (χ2v) is 13.8. The maximum absolute atomic E-state index is 14.0. The summed E-state index contributed by atoms with van der Waals surface area (Å²) in [5.41, 5.74) is 4.58. The fourth-order valence-electron chi connectivity index (χ4n) is 5.84. The first-order valence-electron chi connectivity index (χ1n) is 15.0. The van der Waals surface area contributed by atoms with Crippen molar-refractivity contribution in [3.8, 4) is 5.75 Å². The number of hydrogen-bond donors (Lipinski definition) is 2. The number of carbonyl (C=O) groups excluding carboxylic acids is 2. The molecule has 1 amide bonds. The topological polar surface area (TPSA) is 119 Å². The van der Waals surface area contributed by atoms with Crippen LogP contribution < -0.4 is 19.7 Å². The number of aromatic nitrogens is 1. The van der Waals surface area contributed by atoms with Crippen LogP contribution in [0.4, 0.5) is 5.69 Å². The van der Waals surface area contributed by atoms with Crippen molar-refractivity contribution in [2.75, 3.05) is 30.8 Å². The Morgan fingerprint density at radius 1 is 1.04 bits per heavy atom. The number of benzene rings is 3. The molecule has 10 nitrogen and oxygen atoms in total. The number of aryl methyl sites for hydroxylation is 1. The van der Waals surface area contributed by atoms with Crippen molar-refractivity contribution in [2.24, 2.45) is 0 Å². The molecule has 0 unspecified atom stereocenters. The van der Waals surface area contributed by atoms with Crippen LogP contribution in [-0.4, -0.2) is 64.0 Å². The monoisotopic (exact) mass is 632 g/mol. The van der Waals surface area contributed by atoms with E-state index in [1.54, 1.807) is 13.2 Å². The van der Waals surface area contributed by atoms with Gasteiger partial charge in [0.05, 0.1) is 30.1 Å². The largest absolute Gasteiger partial charge is 0.497 e. The molecule has 1 aromatic heterocycles. The molecule has 4 aromatic rings. The number of rotatable bonds is 13. The minimum atomic E-state index is -3.57. The summed E-state index contributed by atoms with van der Waals surface area (Å²) in [4.78, 5) is 25.7. The molecule has 238 valence electrons. The zero-order valence-corrected chi connectivity index (χ0v) is 26.8. The summed E-state index contributed by atoms with van der Waals surface area (Å²) in [7, 11) is -0.430. The van der Waals surface area contributed by atoms with Crippen molar-refractivity contribution < 1.29 is 27.5 Å². The molecule has 0 fully saturated rings. The maximum atomic E-state index is 14.0. The van der Waals surface area contributed by atoms with E-state index < -0.39 is 22.2 Å². The molecule has 11 heteroatoms. The van der Waals surface area contributed by atoms with Crippen LogP contribution in [0.1, 0.15) is 46.8 Å². The van der Waals surface area contributed by atoms with Gasteiger partial charge in [0.15, 0.2) is 0 Å². The van der Waals surface area contributed by atoms with Crippen molar-refractivity contribution in [3.63, 3.8) is 0 Å². The third kappa shape index (κ3) is 7.15. The van der Waals surface area contributed by atoms with E-state index in [2.05, 4.69) is 24.5 Å². The normalized spacial score (nSPS) is 15.4. The lowest BCUT2D eigenvalue weighted by atomic mass is 9.98. The first-order chi connectivity index (χ1) is 21.6. The van der Waals surface area contributed by atoms with Crippen LogP contribution >= 0.6 is 0 Å². The Morgan fingerprint density at radius 2 is 1.80 bits per heavy atom. The van der Waals surface area contributed by atoms with E-state index in [1.807, 2.05) is 71.4 Å². The summed E-state index contributed by atoms with van der Waals surface area (Å²) in [5, 5.41) is 7.31. The molecule has 2 heterocycles. The minimum Gasteiger partial charge on any atom is -0.497 e. The van der Waals surface area contributed by atoms with Gasteiger partial charge < -0.3 is 24.7 Å². The molecule has 2 atom stereocenters. The SMILES string of the molecule is COc1cccc(CNC[C@@H](OC=O)[C@H](Cc2ccccc2)NC(=O)c2cc3c4c(c2)c(C(C)C)cn4CCS(=O)(=O)N3C)c1. The Kier molecular flexibility index (Phi) is 9.79. The standard InChI is InChI=1S/C34H40N4O6S/c1-23(2)29-21-38-13-14-45(41,42)37(3)31-18-26(17-28(29)33(31)38)34(40)36-30(16-24-9-6-5-7-10-24)32(44-22-39)20-35-19-25-11-8-12-27(15-25)43-4/h5-12,15,17-18,21-23,30,32,35H,13-14,16,19-20H2,1-4H3,(H,36,40)/t30-,32+/m0/s1. The molecule has 3 aromatic carbocycles. The van der Waals surface area contributed by atoms with Gasteiger partial charge in [-0.25, -0.2) is 8.42 Å². The Morgan fingerprint density at radius 3 is 2.51 bits per heavy atom. The third-order valence-corrected chi connectivity index (χ3v) is 10.0. The summed E-state index contributed by atoms with van der Waals surface area (Å²) >= 11 is 0. The van der Waals surface area contributed by atoms with Gasteiger partial charge in [-0.3, -0.25) is 13.9 Å².